The van der Waals surface area contributed by atoms with Crippen molar-refractivity contribution in [3.63, 3.8) is 0 Å². The number of benzene rings is 5. The van der Waals surface area contributed by atoms with E-state index in [1.807, 2.05) is 0 Å². The van der Waals surface area contributed by atoms with Crippen LogP contribution in [0.1, 0.15) is 16.7 Å². The first-order valence-electron chi connectivity index (χ1n) is 11.4. The SMILES string of the molecule is Brc1ccc2c(c1)c1ccc3ccccc3c1n2-c1ccc(OCc2ccc3c(c2)C=C3)cc1. The molecule has 3 heteroatoms. The van der Waals surface area contributed by atoms with Gasteiger partial charge in [-0.05, 0) is 70.6 Å². The van der Waals surface area contributed by atoms with Crippen molar-refractivity contribution in [3.05, 3.63) is 118 Å². The van der Waals surface area contributed by atoms with Gasteiger partial charge in [-0.25, -0.2) is 0 Å². The Hall–Kier alpha value is -3.82. The number of nitrogens with zero attached hydrogens (tertiary/aromatic N) is 1. The molecule has 1 heterocycles. The van der Waals surface area contributed by atoms with Gasteiger partial charge in [-0.15, -0.1) is 0 Å². The summed E-state index contributed by atoms with van der Waals surface area (Å²) in [6.45, 7) is 0.564. The third kappa shape index (κ3) is 3.08. The average molecular weight is 502 g/mol. The molecule has 0 unspecified atom stereocenters. The molecule has 0 N–H and O–H groups in total. The van der Waals surface area contributed by atoms with Crippen LogP contribution in [0.4, 0.5) is 0 Å². The van der Waals surface area contributed by atoms with E-state index in [-0.39, 0.29) is 0 Å². The van der Waals surface area contributed by atoms with Crippen molar-refractivity contribution in [1.29, 1.82) is 0 Å². The lowest BCUT2D eigenvalue weighted by atomic mass is 9.96. The lowest BCUT2D eigenvalue weighted by Gasteiger charge is -2.13. The summed E-state index contributed by atoms with van der Waals surface area (Å²) in [6.07, 6.45) is 4.27. The summed E-state index contributed by atoms with van der Waals surface area (Å²) in [5.74, 6) is 0.871. The van der Waals surface area contributed by atoms with Crippen molar-refractivity contribution < 1.29 is 4.74 Å². The lowest BCUT2D eigenvalue weighted by molar-refractivity contribution is 0.306. The predicted molar refractivity (Wildman–Crippen MR) is 146 cm³/mol. The Bertz CT molecular complexity index is 1760. The number of ether oxygens (including phenoxy) is 1. The van der Waals surface area contributed by atoms with Gasteiger partial charge in [0, 0.05) is 26.3 Å². The van der Waals surface area contributed by atoms with E-state index >= 15 is 0 Å². The highest BCUT2D eigenvalue weighted by molar-refractivity contribution is 9.10. The van der Waals surface area contributed by atoms with Gasteiger partial charge in [0.1, 0.15) is 12.4 Å². The average Bonchev–Trinajstić information content (AvgIpc) is 3.18. The monoisotopic (exact) mass is 501 g/mol. The lowest BCUT2D eigenvalue weighted by Crippen LogP contribution is -1.99. The molecular weight excluding hydrogens is 482 g/mol. The molecule has 162 valence electrons. The van der Waals surface area contributed by atoms with Crippen molar-refractivity contribution >= 4 is 60.7 Å². The van der Waals surface area contributed by atoms with Crippen LogP contribution >= 0.6 is 15.9 Å². The number of fused-ring (bicyclic) bond motifs is 6. The fraction of sp³-hybridized carbons (Fsp3) is 0.0323. The molecule has 2 nitrogen and oxygen atoms in total. The Morgan fingerprint density at radius 1 is 0.676 bits per heavy atom. The Labute approximate surface area is 205 Å². The standard InChI is InChI=1S/C31H20BrNO/c32-24-10-16-30-29(18-24)28-15-9-22-3-1-2-4-27(22)31(28)33(30)25-11-13-26(14-12-25)34-19-20-5-6-21-7-8-23(21)17-20/h1-18H,19H2. The number of hydrogen-bond donors (Lipinski definition) is 0. The van der Waals surface area contributed by atoms with Gasteiger partial charge in [0.2, 0.25) is 0 Å². The molecule has 0 radical (unpaired) electrons. The number of rotatable bonds is 4. The van der Waals surface area contributed by atoms with Crippen molar-refractivity contribution in [1.82, 2.24) is 4.57 Å². The molecule has 1 aromatic heterocycles. The quantitative estimate of drug-likeness (QED) is 0.235. The predicted octanol–water partition coefficient (Wildman–Crippen LogP) is 8.76. The molecule has 34 heavy (non-hydrogen) atoms. The molecule has 0 atom stereocenters. The molecule has 0 saturated carbocycles. The second-order valence-electron chi connectivity index (χ2n) is 8.76. The van der Waals surface area contributed by atoms with E-state index in [0.717, 1.165) is 15.9 Å². The molecule has 0 amide bonds. The zero-order valence-electron chi connectivity index (χ0n) is 18.3. The first kappa shape index (κ1) is 19.6. The molecular formula is C31H20BrNO. The van der Waals surface area contributed by atoms with Crippen LogP contribution in [0, 0.1) is 0 Å². The summed E-state index contributed by atoms with van der Waals surface area (Å²) in [4.78, 5) is 0. The van der Waals surface area contributed by atoms with Crippen molar-refractivity contribution in [2.45, 2.75) is 6.61 Å². The minimum absolute atomic E-state index is 0.564. The summed E-state index contributed by atoms with van der Waals surface area (Å²) in [7, 11) is 0. The maximum atomic E-state index is 6.10. The van der Waals surface area contributed by atoms with E-state index in [1.54, 1.807) is 0 Å². The summed E-state index contributed by atoms with van der Waals surface area (Å²) in [5, 5.41) is 4.99. The number of halogens is 1. The van der Waals surface area contributed by atoms with Gasteiger partial charge in [0.05, 0.1) is 11.0 Å². The highest BCUT2D eigenvalue weighted by atomic mass is 79.9. The molecule has 5 aromatic carbocycles. The Morgan fingerprint density at radius 3 is 2.35 bits per heavy atom. The zero-order valence-corrected chi connectivity index (χ0v) is 19.9. The fourth-order valence-corrected chi connectivity index (χ4v) is 5.33. The molecule has 0 fully saturated rings. The van der Waals surface area contributed by atoms with E-state index in [1.165, 1.54) is 49.3 Å². The summed E-state index contributed by atoms with van der Waals surface area (Å²) >= 11 is 3.66. The van der Waals surface area contributed by atoms with Crippen LogP contribution in [0.25, 0.3) is 50.4 Å². The van der Waals surface area contributed by atoms with Gasteiger partial charge >= 0.3 is 0 Å². The molecule has 0 aliphatic heterocycles. The number of hydrogen-bond acceptors (Lipinski definition) is 1. The highest BCUT2D eigenvalue weighted by Gasteiger charge is 2.15. The Kier molecular flexibility index (Phi) is 4.39. The van der Waals surface area contributed by atoms with Crippen molar-refractivity contribution in [2.75, 3.05) is 0 Å². The third-order valence-electron chi connectivity index (χ3n) is 6.71. The van der Waals surface area contributed by atoms with Crippen LogP contribution in [0.2, 0.25) is 0 Å². The van der Waals surface area contributed by atoms with Crippen LogP contribution < -0.4 is 4.74 Å². The van der Waals surface area contributed by atoms with Crippen LogP contribution in [-0.2, 0) is 6.61 Å². The number of aromatic nitrogens is 1. The highest BCUT2D eigenvalue weighted by Crippen LogP contribution is 2.38. The van der Waals surface area contributed by atoms with Gasteiger partial charge in [-0.2, -0.15) is 0 Å². The molecule has 1 aliphatic rings. The molecule has 1 aliphatic carbocycles. The molecule has 0 saturated heterocycles. The summed E-state index contributed by atoms with van der Waals surface area (Å²) in [5.41, 5.74) is 7.33. The van der Waals surface area contributed by atoms with Crippen molar-refractivity contribution in [2.24, 2.45) is 0 Å². The summed E-state index contributed by atoms with van der Waals surface area (Å²) in [6, 6.07) is 34.5. The largest absolute Gasteiger partial charge is 0.489 e. The fourth-order valence-electron chi connectivity index (χ4n) is 4.97. The van der Waals surface area contributed by atoms with Gasteiger partial charge in [-0.3, -0.25) is 0 Å². The van der Waals surface area contributed by atoms with E-state index in [9.17, 15) is 0 Å². The second-order valence-corrected chi connectivity index (χ2v) is 9.67. The van der Waals surface area contributed by atoms with E-state index in [4.69, 9.17) is 4.74 Å². The van der Waals surface area contributed by atoms with Gasteiger partial charge in [0.25, 0.3) is 0 Å². The maximum Gasteiger partial charge on any atom is 0.119 e. The van der Waals surface area contributed by atoms with Crippen LogP contribution in [0.3, 0.4) is 0 Å². The second kappa shape index (κ2) is 7.61. The Morgan fingerprint density at radius 2 is 1.53 bits per heavy atom. The zero-order chi connectivity index (χ0) is 22.6. The van der Waals surface area contributed by atoms with Gasteiger partial charge in [-0.1, -0.05) is 76.6 Å². The normalized spacial score (nSPS) is 12.3. The maximum absolute atomic E-state index is 6.10. The van der Waals surface area contributed by atoms with E-state index in [0.29, 0.717) is 6.61 Å². The first-order chi connectivity index (χ1) is 16.7. The third-order valence-corrected chi connectivity index (χ3v) is 7.20. The van der Waals surface area contributed by atoms with E-state index < -0.39 is 0 Å². The van der Waals surface area contributed by atoms with Crippen molar-refractivity contribution in [3.8, 4) is 11.4 Å². The minimum atomic E-state index is 0.564. The molecule has 0 bridgehead atoms. The Balaban J connectivity index is 1.31. The van der Waals surface area contributed by atoms with Crippen LogP contribution in [0.15, 0.2) is 102 Å². The van der Waals surface area contributed by atoms with Gasteiger partial charge in [0.15, 0.2) is 0 Å². The molecule has 6 aromatic rings. The summed E-state index contributed by atoms with van der Waals surface area (Å²) < 4.78 is 9.56. The van der Waals surface area contributed by atoms with Crippen LogP contribution in [-0.4, -0.2) is 4.57 Å². The van der Waals surface area contributed by atoms with Crippen LogP contribution in [0.5, 0.6) is 5.75 Å². The molecule has 7 rings (SSSR count). The molecule has 0 spiro atoms. The minimum Gasteiger partial charge on any atom is -0.489 e. The topological polar surface area (TPSA) is 14.2 Å². The first-order valence-corrected chi connectivity index (χ1v) is 12.2. The van der Waals surface area contributed by atoms with E-state index in [2.05, 4.69) is 130 Å². The smallest absolute Gasteiger partial charge is 0.119 e. The van der Waals surface area contributed by atoms with Gasteiger partial charge < -0.3 is 9.30 Å².